The summed E-state index contributed by atoms with van der Waals surface area (Å²) in [7, 11) is 0. The van der Waals surface area contributed by atoms with Crippen molar-refractivity contribution in [2.75, 3.05) is 0 Å². The van der Waals surface area contributed by atoms with Crippen molar-refractivity contribution in [1.82, 2.24) is 10.3 Å². The van der Waals surface area contributed by atoms with Crippen LogP contribution in [-0.4, -0.2) is 16.7 Å². The number of ketones is 1. The third-order valence-corrected chi connectivity index (χ3v) is 3.78. The molecule has 138 valence electrons. The monoisotopic (exact) mass is 368 g/mol. The van der Waals surface area contributed by atoms with Crippen LogP contribution in [0.1, 0.15) is 46.1 Å². The van der Waals surface area contributed by atoms with Gasteiger partial charge in [0.15, 0.2) is 5.78 Å². The number of Topliss-reactive ketones (excluding diaryl/α,β-unsaturated/α-hetero) is 1. The first kappa shape index (κ1) is 19.6. The van der Waals surface area contributed by atoms with Gasteiger partial charge < -0.3 is 5.32 Å². The SMILES string of the molecule is CC(=O)c1cccc(C)c1C(F)(F)C(=O)NCc1ccc(C(F)F)cn1. The van der Waals surface area contributed by atoms with Gasteiger partial charge in [-0.3, -0.25) is 14.6 Å². The molecule has 1 amide bonds. The fourth-order valence-electron chi connectivity index (χ4n) is 2.44. The van der Waals surface area contributed by atoms with Crippen molar-refractivity contribution >= 4 is 11.7 Å². The van der Waals surface area contributed by atoms with Gasteiger partial charge >= 0.3 is 5.92 Å². The number of carbonyl (C=O) groups is 2. The summed E-state index contributed by atoms with van der Waals surface area (Å²) < 4.78 is 54.2. The van der Waals surface area contributed by atoms with Gasteiger partial charge in [0, 0.05) is 22.9 Å². The van der Waals surface area contributed by atoms with Crippen LogP contribution < -0.4 is 5.32 Å². The Morgan fingerprint density at radius 3 is 2.42 bits per heavy atom. The summed E-state index contributed by atoms with van der Waals surface area (Å²) in [5.41, 5.74) is -0.931. The molecule has 0 aliphatic rings. The number of halogens is 4. The molecule has 2 aromatic rings. The summed E-state index contributed by atoms with van der Waals surface area (Å²) in [5.74, 6) is -6.12. The van der Waals surface area contributed by atoms with Crippen LogP contribution in [-0.2, 0) is 17.3 Å². The molecule has 0 radical (unpaired) electrons. The smallest absolute Gasteiger partial charge is 0.345 e. The van der Waals surface area contributed by atoms with Crippen molar-refractivity contribution in [1.29, 1.82) is 0 Å². The fourth-order valence-corrected chi connectivity index (χ4v) is 2.44. The van der Waals surface area contributed by atoms with E-state index in [1.54, 1.807) is 0 Å². The van der Waals surface area contributed by atoms with E-state index in [0.717, 1.165) is 19.2 Å². The maximum atomic E-state index is 14.6. The summed E-state index contributed by atoms with van der Waals surface area (Å²) in [6, 6.07) is 6.39. The van der Waals surface area contributed by atoms with E-state index in [0.29, 0.717) is 0 Å². The van der Waals surface area contributed by atoms with Gasteiger partial charge in [-0.2, -0.15) is 8.78 Å². The van der Waals surface area contributed by atoms with Crippen molar-refractivity contribution in [2.45, 2.75) is 32.7 Å². The number of carbonyl (C=O) groups excluding carboxylic acids is 2. The van der Waals surface area contributed by atoms with Crippen LogP contribution in [0.15, 0.2) is 36.5 Å². The van der Waals surface area contributed by atoms with Gasteiger partial charge in [0.2, 0.25) is 0 Å². The molecule has 1 N–H and O–H groups in total. The second kappa shape index (κ2) is 7.63. The van der Waals surface area contributed by atoms with E-state index >= 15 is 0 Å². The van der Waals surface area contributed by atoms with E-state index in [1.807, 2.05) is 5.32 Å². The molecule has 0 spiro atoms. The molecule has 0 saturated carbocycles. The molecule has 8 heteroatoms. The number of hydrogen-bond acceptors (Lipinski definition) is 3. The van der Waals surface area contributed by atoms with Gasteiger partial charge in [0.1, 0.15) is 0 Å². The summed E-state index contributed by atoms with van der Waals surface area (Å²) in [6.07, 6.45) is -1.78. The quantitative estimate of drug-likeness (QED) is 0.621. The first-order chi connectivity index (χ1) is 12.1. The molecule has 0 saturated heterocycles. The molecule has 26 heavy (non-hydrogen) atoms. The van der Waals surface area contributed by atoms with Crippen LogP contribution in [0.25, 0.3) is 0 Å². The molecule has 0 aliphatic heterocycles. The summed E-state index contributed by atoms with van der Waals surface area (Å²) >= 11 is 0. The minimum Gasteiger partial charge on any atom is -0.345 e. The topological polar surface area (TPSA) is 59.1 Å². The lowest BCUT2D eigenvalue weighted by molar-refractivity contribution is -0.147. The zero-order chi connectivity index (χ0) is 19.5. The first-order valence-electron chi connectivity index (χ1n) is 7.64. The number of aromatic nitrogens is 1. The summed E-state index contributed by atoms with van der Waals surface area (Å²) in [6.45, 7) is 2.16. The van der Waals surface area contributed by atoms with Gasteiger partial charge in [0.05, 0.1) is 12.2 Å². The number of pyridine rings is 1. The van der Waals surface area contributed by atoms with Crippen LogP contribution in [0.4, 0.5) is 17.6 Å². The largest absolute Gasteiger partial charge is 0.350 e. The normalized spacial score (nSPS) is 11.5. The van der Waals surface area contributed by atoms with Gasteiger partial charge in [-0.25, -0.2) is 8.78 Å². The van der Waals surface area contributed by atoms with Gasteiger partial charge in [-0.1, -0.05) is 18.2 Å². The summed E-state index contributed by atoms with van der Waals surface area (Å²) in [4.78, 5) is 27.3. The maximum absolute atomic E-state index is 14.6. The average molecular weight is 368 g/mol. The molecule has 0 bridgehead atoms. The lowest BCUT2D eigenvalue weighted by Gasteiger charge is -2.20. The number of benzene rings is 1. The Morgan fingerprint density at radius 2 is 1.88 bits per heavy atom. The Hall–Kier alpha value is -2.77. The third kappa shape index (κ3) is 4.07. The number of rotatable bonds is 6. The Bertz CT molecular complexity index is 820. The molecular formula is C18H16F4N2O2. The Balaban J connectivity index is 2.19. The zero-order valence-electron chi connectivity index (χ0n) is 14.0. The van der Waals surface area contributed by atoms with E-state index < -0.39 is 29.6 Å². The highest BCUT2D eigenvalue weighted by molar-refractivity contribution is 5.98. The highest BCUT2D eigenvalue weighted by atomic mass is 19.3. The third-order valence-electron chi connectivity index (χ3n) is 3.78. The van der Waals surface area contributed by atoms with Crippen molar-refractivity contribution in [3.05, 3.63) is 64.5 Å². The maximum Gasteiger partial charge on any atom is 0.350 e. The number of nitrogens with one attached hydrogen (secondary N) is 1. The fraction of sp³-hybridized carbons (Fsp3) is 0.278. The lowest BCUT2D eigenvalue weighted by Crippen LogP contribution is -2.39. The number of hydrogen-bond donors (Lipinski definition) is 1. The second-order valence-electron chi connectivity index (χ2n) is 5.69. The molecular weight excluding hydrogens is 352 g/mol. The van der Waals surface area contributed by atoms with E-state index in [2.05, 4.69) is 4.98 Å². The lowest BCUT2D eigenvalue weighted by atomic mass is 9.94. The second-order valence-corrected chi connectivity index (χ2v) is 5.69. The molecule has 1 aromatic heterocycles. The Kier molecular flexibility index (Phi) is 5.74. The number of nitrogens with zero attached hydrogens (tertiary/aromatic N) is 1. The minimum absolute atomic E-state index is 0.109. The zero-order valence-corrected chi connectivity index (χ0v) is 14.0. The minimum atomic E-state index is -3.94. The van der Waals surface area contributed by atoms with E-state index in [4.69, 9.17) is 0 Å². The number of aryl methyl sites for hydroxylation is 1. The molecule has 2 rings (SSSR count). The summed E-state index contributed by atoms with van der Waals surface area (Å²) in [5, 5.41) is 2.03. The van der Waals surface area contributed by atoms with Crippen LogP contribution in [0, 0.1) is 6.92 Å². The average Bonchev–Trinajstić information content (AvgIpc) is 2.59. The molecule has 4 nitrogen and oxygen atoms in total. The number of amides is 1. The van der Waals surface area contributed by atoms with Crippen molar-refractivity contribution < 1.29 is 27.2 Å². The van der Waals surface area contributed by atoms with Crippen LogP contribution in [0.5, 0.6) is 0 Å². The molecule has 0 unspecified atom stereocenters. The van der Waals surface area contributed by atoms with E-state index in [9.17, 15) is 27.2 Å². The first-order valence-corrected chi connectivity index (χ1v) is 7.64. The number of alkyl halides is 4. The molecule has 1 heterocycles. The van der Waals surface area contributed by atoms with Crippen molar-refractivity contribution in [3.8, 4) is 0 Å². The predicted molar refractivity (Wildman–Crippen MR) is 86.1 cm³/mol. The molecule has 0 fully saturated rings. The van der Waals surface area contributed by atoms with Crippen molar-refractivity contribution in [3.63, 3.8) is 0 Å². The molecule has 0 atom stereocenters. The van der Waals surface area contributed by atoms with Gasteiger partial charge in [0.25, 0.3) is 12.3 Å². The van der Waals surface area contributed by atoms with E-state index in [-0.39, 0.29) is 28.9 Å². The standard InChI is InChI=1S/C18H16F4N2O2/c1-10-4-3-5-14(11(2)25)15(10)18(21,22)17(26)24-9-13-7-6-12(8-23-13)16(19)20/h3-8,16H,9H2,1-2H3,(H,24,26). The van der Waals surface area contributed by atoms with Crippen molar-refractivity contribution in [2.24, 2.45) is 0 Å². The van der Waals surface area contributed by atoms with E-state index in [1.165, 1.54) is 31.2 Å². The molecule has 1 aromatic carbocycles. The van der Waals surface area contributed by atoms with Gasteiger partial charge in [-0.05, 0) is 31.5 Å². The molecule has 0 aliphatic carbocycles. The highest BCUT2D eigenvalue weighted by Gasteiger charge is 2.44. The van der Waals surface area contributed by atoms with Crippen LogP contribution >= 0.6 is 0 Å². The Morgan fingerprint density at radius 1 is 1.19 bits per heavy atom. The van der Waals surface area contributed by atoms with Crippen LogP contribution in [0.2, 0.25) is 0 Å². The van der Waals surface area contributed by atoms with Gasteiger partial charge in [-0.15, -0.1) is 0 Å². The predicted octanol–water partition coefficient (Wildman–Crippen LogP) is 3.94. The highest BCUT2D eigenvalue weighted by Crippen LogP contribution is 2.34. The van der Waals surface area contributed by atoms with Crippen LogP contribution in [0.3, 0.4) is 0 Å². The Labute approximate surface area is 147 Å².